The monoisotopic (exact) mass is 218 g/mol. The molecule has 1 saturated carbocycles. The molecule has 1 heterocycles. The van der Waals surface area contributed by atoms with E-state index in [1.807, 2.05) is 12.4 Å². The average Bonchev–Trinajstić information content (AvgIpc) is 3.01. The minimum absolute atomic E-state index is 0.577. The number of hydrogen-bond acceptors (Lipinski definition) is 2. The fourth-order valence-corrected chi connectivity index (χ4v) is 2.08. The highest BCUT2D eigenvalue weighted by atomic mass is 14.9. The summed E-state index contributed by atoms with van der Waals surface area (Å²) in [5, 5.41) is 3.64. The molecule has 1 atom stereocenters. The molecular formula is C14H22N2. The van der Waals surface area contributed by atoms with E-state index in [1.165, 1.54) is 24.0 Å². The molecule has 2 nitrogen and oxygen atoms in total. The molecule has 0 bridgehead atoms. The molecule has 1 unspecified atom stereocenters. The normalized spacial score (nSPS) is 19.4. The van der Waals surface area contributed by atoms with E-state index in [1.54, 1.807) is 0 Å². The van der Waals surface area contributed by atoms with E-state index in [9.17, 15) is 0 Å². The first kappa shape index (κ1) is 11.6. The summed E-state index contributed by atoms with van der Waals surface area (Å²) in [5.74, 6) is 0. The highest BCUT2D eigenvalue weighted by Gasteiger charge is 2.41. The van der Waals surface area contributed by atoms with Crippen LogP contribution in [-0.4, -0.2) is 17.6 Å². The van der Waals surface area contributed by atoms with Gasteiger partial charge in [0.15, 0.2) is 0 Å². The van der Waals surface area contributed by atoms with E-state index in [-0.39, 0.29) is 0 Å². The highest BCUT2D eigenvalue weighted by molar-refractivity contribution is 5.21. The van der Waals surface area contributed by atoms with Crippen molar-refractivity contribution >= 4 is 0 Å². The van der Waals surface area contributed by atoms with Gasteiger partial charge in [-0.25, -0.2) is 0 Å². The van der Waals surface area contributed by atoms with E-state index in [2.05, 4.69) is 37.1 Å². The standard InChI is InChI=1S/C14H22N2/c1-11-10-15-8-4-13(11)5-9-16-12(2)14(3)6-7-14/h4,8,10,12,16H,5-7,9H2,1-3H3. The third kappa shape index (κ3) is 2.62. The van der Waals surface area contributed by atoms with Gasteiger partial charge in [-0.05, 0) is 62.3 Å². The quantitative estimate of drug-likeness (QED) is 0.822. The summed E-state index contributed by atoms with van der Waals surface area (Å²) in [6.45, 7) is 7.89. The molecule has 0 saturated heterocycles. The Morgan fingerprint density at radius 1 is 1.50 bits per heavy atom. The molecule has 1 aromatic heterocycles. The van der Waals surface area contributed by atoms with Gasteiger partial charge in [-0.3, -0.25) is 4.98 Å². The summed E-state index contributed by atoms with van der Waals surface area (Å²) in [4.78, 5) is 4.12. The molecule has 0 radical (unpaired) electrons. The lowest BCUT2D eigenvalue weighted by Crippen LogP contribution is -2.34. The third-order valence-corrected chi connectivity index (χ3v) is 4.07. The minimum Gasteiger partial charge on any atom is -0.313 e. The number of aryl methyl sites for hydroxylation is 1. The maximum absolute atomic E-state index is 4.12. The molecular weight excluding hydrogens is 196 g/mol. The number of hydrogen-bond donors (Lipinski definition) is 1. The van der Waals surface area contributed by atoms with Gasteiger partial charge in [0.25, 0.3) is 0 Å². The molecule has 1 aromatic rings. The Bertz CT molecular complexity index is 356. The van der Waals surface area contributed by atoms with Crippen LogP contribution in [0.15, 0.2) is 18.5 Å². The largest absolute Gasteiger partial charge is 0.313 e. The van der Waals surface area contributed by atoms with Crippen LogP contribution in [0.4, 0.5) is 0 Å². The zero-order chi connectivity index (χ0) is 11.6. The van der Waals surface area contributed by atoms with E-state index in [4.69, 9.17) is 0 Å². The molecule has 2 heteroatoms. The summed E-state index contributed by atoms with van der Waals surface area (Å²) in [6, 6.07) is 2.77. The molecule has 16 heavy (non-hydrogen) atoms. The van der Waals surface area contributed by atoms with Gasteiger partial charge in [0, 0.05) is 18.4 Å². The number of nitrogens with one attached hydrogen (secondary N) is 1. The van der Waals surface area contributed by atoms with Crippen molar-refractivity contribution < 1.29 is 0 Å². The van der Waals surface area contributed by atoms with Crippen molar-refractivity contribution in [3.05, 3.63) is 29.6 Å². The van der Waals surface area contributed by atoms with E-state index >= 15 is 0 Å². The Balaban J connectivity index is 1.78. The van der Waals surface area contributed by atoms with E-state index in [0.29, 0.717) is 11.5 Å². The third-order valence-electron chi connectivity index (χ3n) is 4.07. The molecule has 1 N–H and O–H groups in total. The predicted octanol–water partition coefficient (Wildman–Crippen LogP) is 2.71. The Labute approximate surface area is 98.5 Å². The summed E-state index contributed by atoms with van der Waals surface area (Å²) in [5.41, 5.74) is 3.29. The van der Waals surface area contributed by atoms with Crippen molar-refractivity contribution in [2.75, 3.05) is 6.54 Å². The van der Waals surface area contributed by atoms with Crippen molar-refractivity contribution in [3.63, 3.8) is 0 Å². The van der Waals surface area contributed by atoms with Gasteiger partial charge in [0.2, 0.25) is 0 Å². The molecule has 88 valence electrons. The molecule has 0 aromatic carbocycles. The van der Waals surface area contributed by atoms with Crippen molar-refractivity contribution in [1.82, 2.24) is 10.3 Å². The van der Waals surface area contributed by atoms with Gasteiger partial charge in [-0.2, -0.15) is 0 Å². The Hall–Kier alpha value is -0.890. The SMILES string of the molecule is Cc1cnccc1CCNC(C)C1(C)CC1. The van der Waals surface area contributed by atoms with Gasteiger partial charge in [-0.15, -0.1) is 0 Å². The first-order valence-corrected chi connectivity index (χ1v) is 6.25. The predicted molar refractivity (Wildman–Crippen MR) is 67.5 cm³/mol. The highest BCUT2D eigenvalue weighted by Crippen LogP contribution is 2.47. The zero-order valence-corrected chi connectivity index (χ0v) is 10.6. The summed E-state index contributed by atoms with van der Waals surface area (Å²) < 4.78 is 0. The van der Waals surface area contributed by atoms with Crippen LogP contribution in [0.1, 0.15) is 37.8 Å². The molecule has 0 aliphatic heterocycles. The van der Waals surface area contributed by atoms with Crippen LogP contribution in [0.2, 0.25) is 0 Å². The molecule has 0 amide bonds. The van der Waals surface area contributed by atoms with Crippen molar-refractivity contribution in [1.29, 1.82) is 0 Å². The molecule has 1 fully saturated rings. The molecule has 1 aliphatic rings. The van der Waals surface area contributed by atoms with Crippen molar-refractivity contribution in [2.45, 2.75) is 46.1 Å². The van der Waals surface area contributed by atoms with Crippen LogP contribution in [0.3, 0.4) is 0 Å². The Morgan fingerprint density at radius 2 is 2.25 bits per heavy atom. The Kier molecular flexibility index (Phi) is 3.29. The smallest absolute Gasteiger partial charge is 0.0299 e. The molecule has 1 aliphatic carbocycles. The Morgan fingerprint density at radius 3 is 2.88 bits per heavy atom. The lowest BCUT2D eigenvalue weighted by Gasteiger charge is -2.20. The molecule has 0 spiro atoms. The minimum atomic E-state index is 0.577. The van der Waals surface area contributed by atoms with Crippen LogP contribution in [0.5, 0.6) is 0 Å². The first-order valence-electron chi connectivity index (χ1n) is 6.25. The second-order valence-electron chi connectivity index (χ2n) is 5.38. The van der Waals surface area contributed by atoms with Crippen LogP contribution < -0.4 is 5.32 Å². The van der Waals surface area contributed by atoms with Gasteiger partial charge >= 0.3 is 0 Å². The fourth-order valence-electron chi connectivity index (χ4n) is 2.08. The van der Waals surface area contributed by atoms with E-state index in [0.717, 1.165) is 13.0 Å². The van der Waals surface area contributed by atoms with Crippen LogP contribution in [-0.2, 0) is 6.42 Å². The van der Waals surface area contributed by atoms with Gasteiger partial charge in [0.05, 0.1) is 0 Å². The average molecular weight is 218 g/mol. The summed E-state index contributed by atoms with van der Waals surface area (Å²) in [6.07, 6.45) is 7.70. The second kappa shape index (κ2) is 4.54. The van der Waals surface area contributed by atoms with E-state index < -0.39 is 0 Å². The summed E-state index contributed by atoms with van der Waals surface area (Å²) in [7, 11) is 0. The van der Waals surface area contributed by atoms with Gasteiger partial charge in [0.1, 0.15) is 0 Å². The number of rotatable bonds is 5. The summed E-state index contributed by atoms with van der Waals surface area (Å²) >= 11 is 0. The molecule has 2 rings (SSSR count). The zero-order valence-electron chi connectivity index (χ0n) is 10.6. The number of aromatic nitrogens is 1. The first-order chi connectivity index (χ1) is 7.62. The number of nitrogens with zero attached hydrogens (tertiary/aromatic N) is 1. The fraction of sp³-hybridized carbons (Fsp3) is 0.643. The maximum Gasteiger partial charge on any atom is 0.0299 e. The number of pyridine rings is 1. The van der Waals surface area contributed by atoms with Crippen molar-refractivity contribution in [2.24, 2.45) is 5.41 Å². The van der Waals surface area contributed by atoms with Crippen LogP contribution >= 0.6 is 0 Å². The lowest BCUT2D eigenvalue weighted by molar-refractivity contribution is 0.383. The topological polar surface area (TPSA) is 24.9 Å². The van der Waals surface area contributed by atoms with Crippen molar-refractivity contribution in [3.8, 4) is 0 Å². The maximum atomic E-state index is 4.12. The second-order valence-corrected chi connectivity index (χ2v) is 5.38. The lowest BCUT2D eigenvalue weighted by atomic mass is 10.0. The van der Waals surface area contributed by atoms with Crippen LogP contribution in [0, 0.1) is 12.3 Å². The van der Waals surface area contributed by atoms with Gasteiger partial charge < -0.3 is 5.32 Å². The van der Waals surface area contributed by atoms with Crippen LogP contribution in [0.25, 0.3) is 0 Å². The van der Waals surface area contributed by atoms with Gasteiger partial charge in [-0.1, -0.05) is 6.92 Å².